The summed E-state index contributed by atoms with van der Waals surface area (Å²) in [6.45, 7) is 0. The first-order chi connectivity index (χ1) is 9.65. The van der Waals surface area contributed by atoms with Gasteiger partial charge >= 0.3 is 5.97 Å². The number of Topliss-reactive ketones (excluding diaryl/α,β-unsaturated/α-hetero) is 1. The molecule has 0 spiro atoms. The highest BCUT2D eigenvalue weighted by atomic mass is 16.5. The van der Waals surface area contributed by atoms with Crippen LogP contribution in [-0.2, 0) is 0 Å². The molecule has 0 saturated carbocycles. The van der Waals surface area contributed by atoms with E-state index in [1.807, 2.05) is 0 Å². The summed E-state index contributed by atoms with van der Waals surface area (Å²) < 4.78 is 5.50. The molecule has 0 unspecified atom stereocenters. The summed E-state index contributed by atoms with van der Waals surface area (Å²) in [5.74, 6) is -0.354. The van der Waals surface area contributed by atoms with Crippen molar-refractivity contribution in [1.29, 1.82) is 0 Å². The van der Waals surface area contributed by atoms with Crippen molar-refractivity contribution in [3.63, 3.8) is 0 Å². The van der Waals surface area contributed by atoms with Gasteiger partial charge < -0.3 is 9.84 Å². The second-order valence-electron chi connectivity index (χ2n) is 4.36. The molecule has 0 atom stereocenters. The maximum Gasteiger partial charge on any atom is 0.335 e. The molecule has 4 nitrogen and oxygen atoms in total. The van der Waals surface area contributed by atoms with E-state index in [0.29, 0.717) is 16.9 Å². The molecule has 20 heavy (non-hydrogen) atoms. The van der Waals surface area contributed by atoms with Gasteiger partial charge in [0.15, 0.2) is 5.76 Å². The Balaban J connectivity index is 1.91. The second-order valence-corrected chi connectivity index (χ2v) is 4.36. The maximum absolute atomic E-state index is 12.1. The van der Waals surface area contributed by atoms with Gasteiger partial charge in [0.2, 0.25) is 5.78 Å². The Bertz CT molecular complexity index is 726. The fourth-order valence-electron chi connectivity index (χ4n) is 2.01. The summed E-state index contributed by atoms with van der Waals surface area (Å²) in [4.78, 5) is 22.9. The Morgan fingerprint density at radius 3 is 2.40 bits per heavy atom. The number of fused-ring (bicyclic) bond motifs is 1. The highest BCUT2D eigenvalue weighted by Crippen LogP contribution is 2.31. The molecule has 0 radical (unpaired) electrons. The lowest BCUT2D eigenvalue weighted by Crippen LogP contribution is -1.98. The number of hydrogen-bond acceptors (Lipinski definition) is 3. The predicted molar refractivity (Wildman–Crippen MR) is 72.8 cm³/mol. The Morgan fingerprint density at radius 1 is 1.05 bits per heavy atom. The molecule has 0 bridgehead atoms. The predicted octanol–water partition coefficient (Wildman–Crippen LogP) is 3.00. The minimum atomic E-state index is -0.982. The number of rotatable bonds is 2. The molecule has 1 aliphatic rings. The largest absolute Gasteiger partial charge is 0.478 e. The van der Waals surface area contributed by atoms with Gasteiger partial charge in [0.25, 0.3) is 0 Å². The Hall–Kier alpha value is -2.88. The number of aromatic carboxylic acids is 1. The Kier molecular flexibility index (Phi) is 2.84. The van der Waals surface area contributed by atoms with Gasteiger partial charge in [-0.2, -0.15) is 0 Å². The van der Waals surface area contributed by atoms with E-state index >= 15 is 0 Å². The van der Waals surface area contributed by atoms with E-state index < -0.39 is 5.97 Å². The van der Waals surface area contributed by atoms with Crippen molar-refractivity contribution in [2.45, 2.75) is 0 Å². The number of benzene rings is 2. The third-order valence-corrected chi connectivity index (χ3v) is 3.03. The molecular weight excluding hydrogens is 256 g/mol. The number of allylic oxidation sites excluding steroid dienone is 1. The molecule has 2 aromatic carbocycles. The van der Waals surface area contributed by atoms with Crippen LogP contribution in [0.4, 0.5) is 0 Å². The van der Waals surface area contributed by atoms with Crippen molar-refractivity contribution in [3.05, 3.63) is 71.0 Å². The number of carbonyl (C=O) groups excluding carboxylic acids is 1. The number of ketones is 1. The van der Waals surface area contributed by atoms with E-state index in [0.717, 1.165) is 0 Å². The van der Waals surface area contributed by atoms with E-state index in [4.69, 9.17) is 9.84 Å². The first-order valence-corrected chi connectivity index (χ1v) is 6.02. The summed E-state index contributed by atoms with van der Waals surface area (Å²) in [5.41, 5.74) is 1.46. The zero-order valence-electron chi connectivity index (χ0n) is 10.4. The smallest absolute Gasteiger partial charge is 0.335 e. The molecule has 98 valence electrons. The van der Waals surface area contributed by atoms with Crippen LogP contribution in [0.3, 0.4) is 0 Å². The van der Waals surface area contributed by atoms with Gasteiger partial charge in [-0.25, -0.2) is 4.79 Å². The van der Waals surface area contributed by atoms with Crippen molar-refractivity contribution >= 4 is 17.8 Å². The van der Waals surface area contributed by atoms with Crippen LogP contribution in [0.2, 0.25) is 0 Å². The first-order valence-electron chi connectivity index (χ1n) is 6.02. The summed E-state index contributed by atoms with van der Waals surface area (Å²) in [5, 5.41) is 8.83. The van der Waals surface area contributed by atoms with E-state index in [-0.39, 0.29) is 17.1 Å². The minimum Gasteiger partial charge on any atom is -0.478 e. The number of carboxylic acid groups (broad SMARTS) is 1. The molecule has 0 aliphatic carbocycles. The van der Waals surface area contributed by atoms with E-state index in [2.05, 4.69) is 0 Å². The zero-order valence-corrected chi connectivity index (χ0v) is 10.4. The maximum atomic E-state index is 12.1. The quantitative estimate of drug-likeness (QED) is 0.849. The molecule has 1 N–H and O–H groups in total. The summed E-state index contributed by atoms with van der Waals surface area (Å²) >= 11 is 0. The van der Waals surface area contributed by atoms with Crippen molar-refractivity contribution in [3.8, 4) is 5.75 Å². The summed E-state index contributed by atoms with van der Waals surface area (Å²) in [6, 6.07) is 13.3. The van der Waals surface area contributed by atoms with Crippen LogP contribution in [-0.4, -0.2) is 16.9 Å². The molecule has 1 aliphatic heterocycles. The number of hydrogen-bond donors (Lipinski definition) is 1. The lowest BCUT2D eigenvalue weighted by atomic mass is 10.1. The third-order valence-electron chi connectivity index (χ3n) is 3.03. The van der Waals surface area contributed by atoms with Gasteiger partial charge in [-0.05, 0) is 35.9 Å². The lowest BCUT2D eigenvalue weighted by molar-refractivity contribution is 0.0696. The first kappa shape index (κ1) is 12.2. The van der Waals surface area contributed by atoms with Gasteiger partial charge in [0.05, 0.1) is 11.1 Å². The highest BCUT2D eigenvalue weighted by Gasteiger charge is 2.26. The standard InChI is InChI=1S/C16H10O4/c17-15-12-3-1-2-4-13(12)20-14(15)9-10-5-7-11(8-6-10)16(18)19/h1-9H,(H,18,19). The van der Waals surface area contributed by atoms with Crippen LogP contribution in [0.15, 0.2) is 54.3 Å². The average molecular weight is 266 g/mol. The van der Waals surface area contributed by atoms with Gasteiger partial charge in [0, 0.05) is 0 Å². The van der Waals surface area contributed by atoms with E-state index in [1.54, 1.807) is 42.5 Å². The van der Waals surface area contributed by atoms with Crippen LogP contribution < -0.4 is 4.74 Å². The summed E-state index contributed by atoms with van der Waals surface area (Å²) in [6.07, 6.45) is 1.61. The fraction of sp³-hybridized carbons (Fsp3) is 0. The van der Waals surface area contributed by atoms with Crippen molar-refractivity contribution < 1.29 is 19.4 Å². The van der Waals surface area contributed by atoms with Crippen molar-refractivity contribution in [1.82, 2.24) is 0 Å². The number of carbonyl (C=O) groups is 2. The van der Waals surface area contributed by atoms with E-state index in [1.165, 1.54) is 12.1 Å². The fourth-order valence-corrected chi connectivity index (χ4v) is 2.01. The Labute approximate surface area is 114 Å². The lowest BCUT2D eigenvalue weighted by Gasteiger charge is -1.99. The topological polar surface area (TPSA) is 63.6 Å². The molecular formula is C16H10O4. The molecule has 0 saturated heterocycles. The van der Waals surface area contributed by atoms with Gasteiger partial charge in [-0.1, -0.05) is 24.3 Å². The minimum absolute atomic E-state index is 0.164. The molecule has 2 aromatic rings. The van der Waals surface area contributed by atoms with Gasteiger partial charge in [0.1, 0.15) is 5.75 Å². The highest BCUT2D eigenvalue weighted by molar-refractivity contribution is 6.14. The van der Waals surface area contributed by atoms with Crippen LogP contribution in [0, 0.1) is 0 Å². The number of carboxylic acids is 1. The molecule has 0 amide bonds. The Morgan fingerprint density at radius 2 is 1.75 bits per heavy atom. The van der Waals surface area contributed by atoms with Crippen LogP contribution in [0.5, 0.6) is 5.75 Å². The second kappa shape index (κ2) is 4.66. The normalized spacial score (nSPS) is 15.0. The zero-order chi connectivity index (χ0) is 14.1. The molecule has 0 aromatic heterocycles. The number of para-hydroxylation sites is 1. The van der Waals surface area contributed by atoms with E-state index in [9.17, 15) is 9.59 Å². The third kappa shape index (κ3) is 2.07. The SMILES string of the molecule is O=C(O)c1ccc(C=C2Oc3ccccc3C2=O)cc1. The molecule has 3 rings (SSSR count). The van der Waals surface area contributed by atoms with Gasteiger partial charge in [-0.15, -0.1) is 0 Å². The molecule has 0 fully saturated rings. The van der Waals surface area contributed by atoms with Crippen LogP contribution in [0.25, 0.3) is 6.08 Å². The van der Waals surface area contributed by atoms with Crippen molar-refractivity contribution in [2.75, 3.05) is 0 Å². The van der Waals surface area contributed by atoms with Crippen LogP contribution in [0.1, 0.15) is 26.3 Å². The number of ether oxygens (including phenoxy) is 1. The summed E-state index contributed by atoms with van der Waals surface area (Å²) in [7, 11) is 0. The molecule has 4 heteroatoms. The van der Waals surface area contributed by atoms with Crippen molar-refractivity contribution in [2.24, 2.45) is 0 Å². The molecule has 1 heterocycles. The van der Waals surface area contributed by atoms with Gasteiger partial charge in [-0.3, -0.25) is 4.79 Å². The van der Waals surface area contributed by atoms with Crippen LogP contribution >= 0.6 is 0 Å². The average Bonchev–Trinajstić information content (AvgIpc) is 2.77. The monoisotopic (exact) mass is 266 g/mol.